The molecule has 0 heterocycles. The van der Waals surface area contributed by atoms with Gasteiger partial charge in [0, 0.05) is 0 Å². The first kappa shape index (κ1) is 32.7. The molecule has 0 aliphatic carbocycles. The molecule has 8 atom stereocenters. The zero-order valence-corrected chi connectivity index (χ0v) is 15.8. The largest absolute Gasteiger partial charge is 0.466 e. The molecule has 176 valence electrons. The Morgan fingerprint density at radius 3 is 1.00 bits per heavy atom. The molecule has 16 nitrogen and oxygen atoms in total. The SMILES string of the molecule is N[C@@H](C=O)[C@@H](O)[C@H](O)[C@H](O)CO.N[C@@H](C=O)[C@@H](O)[C@H](O)[C@H](O)CO.O=P(O)(O)O. The van der Waals surface area contributed by atoms with Crippen molar-refractivity contribution in [2.24, 2.45) is 11.5 Å². The normalized spacial score (nSPS) is 19.5. The lowest BCUT2D eigenvalue weighted by Gasteiger charge is -2.23. The van der Waals surface area contributed by atoms with Crippen molar-refractivity contribution < 1.29 is 69.7 Å². The second-order valence-electron chi connectivity index (χ2n) is 5.40. The molecular weight excluding hydrogens is 427 g/mol. The number of hydrogen-bond acceptors (Lipinski definition) is 13. The third-order valence-corrected chi connectivity index (χ3v) is 2.97. The summed E-state index contributed by atoms with van der Waals surface area (Å²) >= 11 is 0. The second-order valence-corrected chi connectivity index (χ2v) is 6.43. The van der Waals surface area contributed by atoms with Gasteiger partial charge in [-0.15, -0.1) is 0 Å². The molecule has 15 N–H and O–H groups in total. The zero-order valence-electron chi connectivity index (χ0n) is 14.9. The van der Waals surface area contributed by atoms with E-state index in [4.69, 9.17) is 71.6 Å². The van der Waals surface area contributed by atoms with Crippen molar-refractivity contribution in [3.05, 3.63) is 0 Å². The molecule has 17 heteroatoms. The highest BCUT2D eigenvalue weighted by Gasteiger charge is 2.29. The van der Waals surface area contributed by atoms with Crippen LogP contribution in [0.5, 0.6) is 0 Å². The Kier molecular flexibility index (Phi) is 19.0. The Morgan fingerprint density at radius 1 is 0.655 bits per heavy atom. The van der Waals surface area contributed by atoms with E-state index in [0.717, 1.165) is 0 Å². The standard InChI is InChI=1S/2C6H13NO5.H3O4P/c2*7-3(1-8)5(11)6(12)4(10)2-9;1-5(2,3)4/h2*1,3-6,9-12H,2,7H2;(H3,1,2,3,4)/t2*3-,4+,5+,6+;/m00./s1. The van der Waals surface area contributed by atoms with Gasteiger partial charge in [-0.25, -0.2) is 4.57 Å². The summed E-state index contributed by atoms with van der Waals surface area (Å²) in [5, 5.41) is 70.3. The van der Waals surface area contributed by atoms with E-state index in [0.29, 0.717) is 0 Å². The van der Waals surface area contributed by atoms with Gasteiger partial charge in [-0.2, -0.15) is 0 Å². The van der Waals surface area contributed by atoms with Crippen LogP contribution in [-0.4, -0.2) is 130 Å². The number of phosphoric acid groups is 1. The maximum atomic E-state index is 10.0. The number of aliphatic hydroxyl groups excluding tert-OH is 8. The summed E-state index contributed by atoms with van der Waals surface area (Å²) in [7, 11) is -4.64. The molecule has 0 aromatic carbocycles. The summed E-state index contributed by atoms with van der Waals surface area (Å²) in [6.07, 6.45) is -8.85. The number of carbonyl (C=O) groups excluding carboxylic acids is 2. The van der Waals surface area contributed by atoms with Crippen LogP contribution in [0, 0.1) is 0 Å². The number of aldehydes is 2. The molecule has 0 saturated heterocycles. The van der Waals surface area contributed by atoms with Gasteiger partial charge in [0.1, 0.15) is 49.2 Å². The number of carbonyl (C=O) groups is 2. The van der Waals surface area contributed by atoms with Crippen molar-refractivity contribution in [1.29, 1.82) is 0 Å². The molecule has 0 saturated carbocycles. The topological polar surface area (TPSA) is 326 Å². The van der Waals surface area contributed by atoms with Gasteiger partial charge >= 0.3 is 7.82 Å². The van der Waals surface area contributed by atoms with E-state index in [1.54, 1.807) is 0 Å². The average Bonchev–Trinajstić information content (AvgIpc) is 2.67. The first-order valence-corrected chi connectivity index (χ1v) is 9.15. The summed E-state index contributed by atoms with van der Waals surface area (Å²) in [4.78, 5) is 41.6. The maximum Gasteiger partial charge on any atom is 0.466 e. The number of rotatable bonds is 10. The highest BCUT2D eigenvalue weighted by molar-refractivity contribution is 7.45. The van der Waals surface area contributed by atoms with Crippen LogP contribution in [0.4, 0.5) is 0 Å². The quantitative estimate of drug-likeness (QED) is 0.107. The zero-order chi connectivity index (χ0) is 23.9. The van der Waals surface area contributed by atoms with Gasteiger partial charge in [-0.3, -0.25) is 0 Å². The molecule has 0 rings (SSSR count). The fourth-order valence-corrected chi connectivity index (χ4v) is 1.29. The Hall–Kier alpha value is -0.950. The lowest BCUT2D eigenvalue weighted by atomic mass is 10.0. The molecule has 0 bridgehead atoms. The van der Waals surface area contributed by atoms with E-state index >= 15 is 0 Å². The van der Waals surface area contributed by atoms with Crippen molar-refractivity contribution >= 4 is 20.4 Å². The van der Waals surface area contributed by atoms with Crippen molar-refractivity contribution in [2.45, 2.75) is 48.7 Å². The van der Waals surface area contributed by atoms with Crippen molar-refractivity contribution in [3.63, 3.8) is 0 Å². The third-order valence-electron chi connectivity index (χ3n) is 2.97. The maximum absolute atomic E-state index is 10.0. The molecule has 0 aromatic rings. The van der Waals surface area contributed by atoms with Crippen LogP contribution in [0.15, 0.2) is 0 Å². The van der Waals surface area contributed by atoms with Gasteiger partial charge in [0.05, 0.1) is 25.3 Å². The first-order valence-electron chi connectivity index (χ1n) is 7.59. The highest BCUT2D eigenvalue weighted by atomic mass is 31.2. The van der Waals surface area contributed by atoms with Gasteiger partial charge < -0.3 is 76.6 Å². The minimum atomic E-state index is -4.64. The highest BCUT2D eigenvalue weighted by Crippen LogP contribution is 2.25. The van der Waals surface area contributed by atoms with E-state index in [1.165, 1.54) is 0 Å². The lowest BCUT2D eigenvalue weighted by molar-refractivity contribution is -0.118. The monoisotopic (exact) mass is 456 g/mol. The second kappa shape index (κ2) is 16.8. The fraction of sp³-hybridized carbons (Fsp3) is 0.833. The van der Waals surface area contributed by atoms with Crippen LogP contribution in [-0.2, 0) is 14.2 Å². The van der Waals surface area contributed by atoms with Gasteiger partial charge in [-0.1, -0.05) is 0 Å². The van der Waals surface area contributed by atoms with E-state index in [2.05, 4.69) is 0 Å². The summed E-state index contributed by atoms with van der Waals surface area (Å²) < 4.78 is 8.88. The average molecular weight is 456 g/mol. The van der Waals surface area contributed by atoms with Crippen LogP contribution < -0.4 is 11.5 Å². The van der Waals surface area contributed by atoms with Gasteiger partial charge in [0.25, 0.3) is 0 Å². The van der Waals surface area contributed by atoms with Gasteiger partial charge in [0.15, 0.2) is 0 Å². The first-order chi connectivity index (χ1) is 13.1. The van der Waals surface area contributed by atoms with E-state index in [-0.39, 0.29) is 12.6 Å². The molecule has 0 aromatic heterocycles. The Balaban J connectivity index is -0.000000380. The van der Waals surface area contributed by atoms with Crippen LogP contribution >= 0.6 is 7.82 Å². The fourth-order valence-electron chi connectivity index (χ4n) is 1.29. The van der Waals surface area contributed by atoms with E-state index in [1.807, 2.05) is 0 Å². The molecule has 29 heavy (non-hydrogen) atoms. The predicted molar refractivity (Wildman–Crippen MR) is 92.6 cm³/mol. The molecule has 0 fully saturated rings. The summed E-state index contributed by atoms with van der Waals surface area (Å²) in [6, 6.07) is -2.53. The van der Waals surface area contributed by atoms with E-state index in [9.17, 15) is 9.59 Å². The number of hydrogen-bond donors (Lipinski definition) is 13. The summed E-state index contributed by atoms with van der Waals surface area (Å²) in [5.41, 5.74) is 10.1. The summed E-state index contributed by atoms with van der Waals surface area (Å²) in [5.74, 6) is 0. The van der Waals surface area contributed by atoms with Crippen molar-refractivity contribution in [1.82, 2.24) is 0 Å². The number of aliphatic hydroxyl groups is 8. The molecule has 0 spiro atoms. The molecule has 0 radical (unpaired) electrons. The van der Waals surface area contributed by atoms with Crippen LogP contribution in [0.1, 0.15) is 0 Å². The van der Waals surface area contributed by atoms with E-state index < -0.39 is 69.7 Å². The number of nitrogens with two attached hydrogens (primary N) is 2. The Labute approximate surface area is 164 Å². The van der Waals surface area contributed by atoms with Crippen LogP contribution in [0.25, 0.3) is 0 Å². The van der Waals surface area contributed by atoms with Gasteiger partial charge in [0.2, 0.25) is 0 Å². The smallest absolute Gasteiger partial charge is 0.394 e. The summed E-state index contributed by atoms with van der Waals surface area (Å²) in [6.45, 7) is -1.41. The molecule has 0 amide bonds. The van der Waals surface area contributed by atoms with Gasteiger partial charge in [-0.05, 0) is 0 Å². The molecule has 0 aliphatic heterocycles. The predicted octanol–water partition coefficient (Wildman–Crippen LogP) is -7.75. The van der Waals surface area contributed by atoms with Crippen LogP contribution in [0.3, 0.4) is 0 Å². The third kappa shape index (κ3) is 17.6. The van der Waals surface area contributed by atoms with Crippen molar-refractivity contribution in [3.8, 4) is 0 Å². The molecule has 0 unspecified atom stereocenters. The minimum absolute atomic E-state index is 0.248. The van der Waals surface area contributed by atoms with Crippen molar-refractivity contribution in [2.75, 3.05) is 13.2 Å². The molecular formula is C12H29N2O14P. The lowest BCUT2D eigenvalue weighted by Crippen LogP contribution is -2.49. The Morgan fingerprint density at radius 2 is 0.862 bits per heavy atom. The Bertz CT molecular complexity index is 439. The minimum Gasteiger partial charge on any atom is -0.394 e. The van der Waals surface area contributed by atoms with Crippen LogP contribution in [0.2, 0.25) is 0 Å². The molecule has 0 aliphatic rings.